The van der Waals surface area contributed by atoms with E-state index in [1.54, 1.807) is 24.5 Å². The van der Waals surface area contributed by atoms with E-state index in [1.807, 2.05) is 23.1 Å². The summed E-state index contributed by atoms with van der Waals surface area (Å²) in [5.41, 5.74) is 0. The Bertz CT molecular complexity index is 441. The molecule has 0 saturated carbocycles. The minimum Gasteiger partial charge on any atom is -0.383 e. The van der Waals surface area contributed by atoms with E-state index < -0.39 is 0 Å². The molecule has 0 fully saturated rings. The van der Waals surface area contributed by atoms with Crippen molar-refractivity contribution in [3.05, 3.63) is 26.9 Å². The van der Waals surface area contributed by atoms with Crippen LogP contribution in [0.3, 0.4) is 0 Å². The fraction of sp³-hybridized carbons (Fsp3) is 0.533. The fourth-order valence-corrected chi connectivity index (χ4v) is 3.39. The number of nitrogens with zero attached hydrogens (tertiary/aromatic N) is 1. The Morgan fingerprint density at radius 2 is 2.15 bits per heavy atom. The first kappa shape index (κ1) is 17.4. The van der Waals surface area contributed by atoms with Gasteiger partial charge in [-0.05, 0) is 47.0 Å². The van der Waals surface area contributed by atoms with E-state index in [4.69, 9.17) is 4.74 Å². The molecule has 0 saturated heterocycles. The van der Waals surface area contributed by atoms with Crippen molar-refractivity contribution in [1.82, 2.24) is 4.90 Å². The van der Waals surface area contributed by atoms with Crippen LogP contribution in [0.4, 0.5) is 0 Å². The Morgan fingerprint density at radius 1 is 1.45 bits per heavy atom. The van der Waals surface area contributed by atoms with Gasteiger partial charge in [-0.2, -0.15) is 0 Å². The van der Waals surface area contributed by atoms with E-state index in [1.165, 1.54) is 0 Å². The number of hydrogen-bond donors (Lipinski definition) is 0. The van der Waals surface area contributed by atoms with E-state index in [9.17, 15) is 4.79 Å². The first-order valence-electron chi connectivity index (χ1n) is 6.85. The van der Waals surface area contributed by atoms with Gasteiger partial charge in [-0.25, -0.2) is 0 Å². The van der Waals surface area contributed by atoms with Crippen LogP contribution in [0.2, 0.25) is 0 Å². The lowest BCUT2D eigenvalue weighted by Crippen LogP contribution is -2.40. The van der Waals surface area contributed by atoms with Gasteiger partial charge in [0.2, 0.25) is 5.91 Å². The number of methoxy groups -OCH3 is 1. The molecule has 0 spiro atoms. The van der Waals surface area contributed by atoms with Crippen LogP contribution in [-0.2, 0) is 9.53 Å². The molecule has 1 rings (SSSR count). The summed E-state index contributed by atoms with van der Waals surface area (Å²) in [6.45, 7) is 5.43. The van der Waals surface area contributed by atoms with E-state index in [-0.39, 0.29) is 11.9 Å². The van der Waals surface area contributed by atoms with Crippen LogP contribution in [0.15, 0.2) is 22.0 Å². The van der Waals surface area contributed by atoms with E-state index in [0.29, 0.717) is 13.2 Å². The quantitative estimate of drug-likeness (QED) is 0.651. The molecule has 1 aromatic rings. The molecule has 112 valence electrons. The standard InChI is InChI=1S/C15H22BrNO2S/c1-4-12(5-2)17(10-11-19-3)15(18)9-7-13-6-8-14(16)20-13/h6-9,12H,4-5,10-11H2,1-3H3. The number of carbonyl (C=O) groups is 1. The average molecular weight is 360 g/mol. The molecule has 0 aliphatic rings. The molecule has 0 aliphatic carbocycles. The number of amides is 1. The SMILES string of the molecule is CCC(CC)N(CCOC)C(=O)C=Cc1ccc(Br)s1. The number of hydrogen-bond acceptors (Lipinski definition) is 3. The van der Waals surface area contributed by atoms with Crippen molar-refractivity contribution in [1.29, 1.82) is 0 Å². The van der Waals surface area contributed by atoms with Crippen LogP contribution in [0, 0.1) is 0 Å². The highest BCUT2D eigenvalue weighted by molar-refractivity contribution is 9.11. The second-order valence-electron chi connectivity index (χ2n) is 4.47. The summed E-state index contributed by atoms with van der Waals surface area (Å²) in [4.78, 5) is 15.3. The summed E-state index contributed by atoms with van der Waals surface area (Å²) in [6.07, 6.45) is 5.46. The third-order valence-corrected chi connectivity index (χ3v) is 4.78. The van der Waals surface area contributed by atoms with Crippen molar-refractivity contribution in [3.8, 4) is 0 Å². The van der Waals surface area contributed by atoms with Gasteiger partial charge in [-0.15, -0.1) is 11.3 Å². The van der Waals surface area contributed by atoms with Crippen LogP contribution >= 0.6 is 27.3 Å². The van der Waals surface area contributed by atoms with Gasteiger partial charge < -0.3 is 9.64 Å². The second-order valence-corrected chi connectivity index (χ2v) is 6.96. The maximum absolute atomic E-state index is 12.4. The number of thiophene rings is 1. The zero-order valence-corrected chi connectivity index (χ0v) is 14.7. The molecule has 1 aromatic heterocycles. The molecule has 0 N–H and O–H groups in total. The largest absolute Gasteiger partial charge is 0.383 e. The first-order chi connectivity index (χ1) is 9.62. The Hall–Kier alpha value is -0.650. The van der Waals surface area contributed by atoms with Crippen molar-refractivity contribution in [2.45, 2.75) is 32.7 Å². The van der Waals surface area contributed by atoms with Gasteiger partial charge in [0.15, 0.2) is 0 Å². The molecule has 3 nitrogen and oxygen atoms in total. The van der Waals surface area contributed by atoms with Gasteiger partial charge in [0.05, 0.1) is 10.4 Å². The Labute approximate surface area is 133 Å². The molecule has 0 bridgehead atoms. The molecule has 0 radical (unpaired) electrons. The zero-order valence-electron chi connectivity index (χ0n) is 12.3. The van der Waals surface area contributed by atoms with Crippen molar-refractivity contribution in [2.75, 3.05) is 20.3 Å². The topological polar surface area (TPSA) is 29.5 Å². The van der Waals surface area contributed by atoms with Crippen LogP contribution in [0.1, 0.15) is 31.6 Å². The van der Waals surface area contributed by atoms with Crippen molar-refractivity contribution < 1.29 is 9.53 Å². The molecule has 5 heteroatoms. The zero-order chi connectivity index (χ0) is 15.0. The lowest BCUT2D eigenvalue weighted by Gasteiger charge is -2.29. The summed E-state index contributed by atoms with van der Waals surface area (Å²) in [5, 5.41) is 0. The minimum absolute atomic E-state index is 0.0558. The normalized spacial score (nSPS) is 11.4. The third kappa shape index (κ3) is 5.38. The van der Waals surface area contributed by atoms with Crippen molar-refractivity contribution >= 4 is 39.2 Å². The lowest BCUT2D eigenvalue weighted by atomic mass is 10.1. The highest BCUT2D eigenvalue weighted by Crippen LogP contribution is 2.23. The number of halogens is 1. The summed E-state index contributed by atoms with van der Waals surface area (Å²) in [6, 6.07) is 4.26. The van der Waals surface area contributed by atoms with Gasteiger partial charge >= 0.3 is 0 Å². The highest BCUT2D eigenvalue weighted by atomic mass is 79.9. The maximum Gasteiger partial charge on any atom is 0.246 e. The van der Waals surface area contributed by atoms with E-state index >= 15 is 0 Å². The summed E-state index contributed by atoms with van der Waals surface area (Å²) in [7, 11) is 1.66. The van der Waals surface area contributed by atoms with Crippen LogP contribution < -0.4 is 0 Å². The summed E-state index contributed by atoms with van der Waals surface area (Å²) in [5.74, 6) is 0.0558. The Morgan fingerprint density at radius 3 is 2.65 bits per heavy atom. The monoisotopic (exact) mass is 359 g/mol. The molecule has 20 heavy (non-hydrogen) atoms. The van der Waals surface area contributed by atoms with E-state index in [0.717, 1.165) is 21.5 Å². The third-order valence-electron chi connectivity index (χ3n) is 3.19. The first-order valence-corrected chi connectivity index (χ1v) is 8.46. The number of rotatable bonds is 8. The Balaban J connectivity index is 2.73. The van der Waals surface area contributed by atoms with Gasteiger partial charge in [-0.3, -0.25) is 4.79 Å². The van der Waals surface area contributed by atoms with Gasteiger partial charge in [-0.1, -0.05) is 13.8 Å². The van der Waals surface area contributed by atoms with Crippen molar-refractivity contribution in [3.63, 3.8) is 0 Å². The average Bonchev–Trinajstić information content (AvgIpc) is 2.86. The molecule has 0 aromatic carbocycles. The minimum atomic E-state index is 0.0558. The Kier molecular flexibility index (Phi) is 8.11. The molecule has 1 amide bonds. The maximum atomic E-state index is 12.4. The highest BCUT2D eigenvalue weighted by Gasteiger charge is 2.18. The van der Waals surface area contributed by atoms with Crippen LogP contribution in [-0.4, -0.2) is 37.1 Å². The summed E-state index contributed by atoms with van der Waals surface area (Å²) >= 11 is 5.03. The molecular weight excluding hydrogens is 338 g/mol. The molecule has 1 heterocycles. The van der Waals surface area contributed by atoms with Crippen LogP contribution in [0.25, 0.3) is 6.08 Å². The number of carbonyl (C=O) groups excluding carboxylic acids is 1. The van der Waals surface area contributed by atoms with Crippen LogP contribution in [0.5, 0.6) is 0 Å². The molecule has 0 atom stereocenters. The summed E-state index contributed by atoms with van der Waals surface area (Å²) < 4.78 is 6.18. The second kappa shape index (κ2) is 9.32. The van der Waals surface area contributed by atoms with E-state index in [2.05, 4.69) is 29.8 Å². The van der Waals surface area contributed by atoms with Gasteiger partial charge in [0.25, 0.3) is 0 Å². The molecule has 0 aliphatic heterocycles. The molecular formula is C15H22BrNO2S. The van der Waals surface area contributed by atoms with Crippen molar-refractivity contribution in [2.24, 2.45) is 0 Å². The predicted octanol–water partition coefficient (Wildman–Crippen LogP) is 4.19. The van der Waals surface area contributed by atoms with Gasteiger partial charge in [0.1, 0.15) is 0 Å². The van der Waals surface area contributed by atoms with Gasteiger partial charge in [0, 0.05) is 30.6 Å². The lowest BCUT2D eigenvalue weighted by molar-refractivity contribution is -0.129. The number of ether oxygens (including phenoxy) is 1. The smallest absolute Gasteiger partial charge is 0.246 e. The fourth-order valence-electron chi connectivity index (χ4n) is 2.06. The molecule has 0 unspecified atom stereocenters. The predicted molar refractivity (Wildman–Crippen MR) is 89.0 cm³/mol.